The lowest BCUT2D eigenvalue weighted by atomic mass is 10.0. The lowest BCUT2D eigenvalue weighted by molar-refractivity contribution is -0.120. The highest BCUT2D eigenvalue weighted by molar-refractivity contribution is 7.99. The zero-order chi connectivity index (χ0) is 24.9. The van der Waals surface area contributed by atoms with Gasteiger partial charge < -0.3 is 19.5 Å². The maximum absolute atomic E-state index is 14.9. The Balaban J connectivity index is 2.07. The van der Waals surface area contributed by atoms with Crippen LogP contribution in [0.5, 0.6) is 17.2 Å². The molecule has 182 valence electrons. The van der Waals surface area contributed by atoms with Gasteiger partial charge >= 0.3 is 0 Å². The van der Waals surface area contributed by atoms with E-state index in [0.717, 1.165) is 6.42 Å². The van der Waals surface area contributed by atoms with E-state index in [1.54, 1.807) is 34.9 Å². The molecule has 1 N–H and O–H groups in total. The molecule has 1 heterocycles. The second-order valence-electron chi connectivity index (χ2n) is 8.08. The number of amides is 1. The molecule has 0 atom stereocenters. The van der Waals surface area contributed by atoms with Gasteiger partial charge in [-0.3, -0.25) is 9.36 Å². The topological polar surface area (TPSA) is 87.5 Å². The summed E-state index contributed by atoms with van der Waals surface area (Å²) in [6, 6.07) is 9.75. The Morgan fingerprint density at radius 3 is 2.29 bits per heavy atom. The largest absolute Gasteiger partial charge is 0.493 e. The molecule has 3 rings (SSSR count). The average molecular weight is 489 g/mol. The van der Waals surface area contributed by atoms with Gasteiger partial charge in [0.25, 0.3) is 0 Å². The van der Waals surface area contributed by atoms with Gasteiger partial charge in [-0.1, -0.05) is 30.8 Å². The van der Waals surface area contributed by atoms with Crippen LogP contribution in [0.3, 0.4) is 0 Å². The quantitative estimate of drug-likeness (QED) is 0.421. The minimum absolute atomic E-state index is 0.102. The molecule has 0 radical (unpaired) electrons. The van der Waals surface area contributed by atoms with E-state index in [-0.39, 0.29) is 22.9 Å². The number of thioether (sulfide) groups is 1. The van der Waals surface area contributed by atoms with E-state index in [0.29, 0.717) is 33.8 Å². The highest BCUT2D eigenvalue weighted by Crippen LogP contribution is 2.41. The Labute approximate surface area is 202 Å². The van der Waals surface area contributed by atoms with E-state index in [1.807, 2.05) is 20.8 Å². The molecule has 0 unspecified atom stereocenters. The zero-order valence-corrected chi connectivity index (χ0v) is 21.0. The second-order valence-corrected chi connectivity index (χ2v) is 9.02. The summed E-state index contributed by atoms with van der Waals surface area (Å²) in [4.78, 5) is 12.5. The van der Waals surface area contributed by atoms with Crippen molar-refractivity contribution in [2.45, 2.75) is 37.9 Å². The van der Waals surface area contributed by atoms with Crippen molar-refractivity contribution in [3.05, 3.63) is 42.2 Å². The first-order chi connectivity index (χ1) is 16.2. The first kappa shape index (κ1) is 25.4. The second kappa shape index (κ2) is 10.8. The molecule has 0 aliphatic carbocycles. The third-order valence-electron chi connectivity index (χ3n) is 5.34. The van der Waals surface area contributed by atoms with Gasteiger partial charge in [0.2, 0.25) is 11.7 Å². The number of aromatic nitrogens is 3. The number of methoxy groups -OCH3 is 3. The van der Waals surface area contributed by atoms with Crippen molar-refractivity contribution in [2.75, 3.05) is 27.1 Å². The van der Waals surface area contributed by atoms with E-state index < -0.39 is 5.82 Å². The molecule has 0 aliphatic heterocycles. The smallest absolute Gasteiger partial charge is 0.230 e. The summed E-state index contributed by atoms with van der Waals surface area (Å²) in [5.41, 5.74) is 0.514. The Morgan fingerprint density at radius 1 is 1.09 bits per heavy atom. The monoisotopic (exact) mass is 488 g/mol. The van der Waals surface area contributed by atoms with E-state index in [1.165, 1.54) is 39.2 Å². The maximum Gasteiger partial charge on any atom is 0.230 e. The molecular formula is C24H29FN4O4S. The number of hydrogen-bond acceptors (Lipinski definition) is 7. The highest BCUT2D eigenvalue weighted by Gasteiger charge is 2.24. The number of ether oxygens (including phenoxy) is 3. The van der Waals surface area contributed by atoms with Crippen LogP contribution in [-0.2, 0) is 4.79 Å². The minimum atomic E-state index is -0.450. The number of nitrogens with zero attached hydrogens (tertiary/aromatic N) is 3. The number of para-hydroxylation sites is 1. The molecule has 2 aromatic carbocycles. The van der Waals surface area contributed by atoms with Crippen LogP contribution in [0, 0.1) is 5.82 Å². The van der Waals surface area contributed by atoms with Crippen LogP contribution in [-0.4, -0.2) is 53.3 Å². The van der Waals surface area contributed by atoms with Crippen molar-refractivity contribution >= 4 is 17.7 Å². The summed E-state index contributed by atoms with van der Waals surface area (Å²) in [5, 5.41) is 12.0. The predicted molar refractivity (Wildman–Crippen MR) is 130 cm³/mol. The van der Waals surface area contributed by atoms with Crippen LogP contribution in [0.1, 0.15) is 27.2 Å². The fraction of sp³-hybridized carbons (Fsp3) is 0.375. The number of carbonyl (C=O) groups is 1. The predicted octanol–water partition coefficient (Wildman–Crippen LogP) is 4.50. The molecule has 0 saturated carbocycles. The SMILES string of the molecule is CCC(C)(C)NC(=O)CSc1nnc(-c2cc(OC)c(OC)c(OC)c2)n1-c1ccccc1F. The standard InChI is InChI=1S/C24H29FN4O4S/c1-7-24(2,3)26-20(30)14-34-23-28-27-22(29(23)17-11-9-8-10-16(17)25)15-12-18(31-4)21(33-6)19(13-15)32-5/h8-13H,7,14H2,1-6H3,(H,26,30). The molecule has 1 amide bonds. The molecule has 0 bridgehead atoms. The number of halogens is 1. The Kier molecular flexibility index (Phi) is 8.03. The van der Waals surface area contributed by atoms with Crippen molar-refractivity contribution in [3.8, 4) is 34.3 Å². The molecule has 0 spiro atoms. The van der Waals surface area contributed by atoms with Crippen LogP contribution in [0.15, 0.2) is 41.6 Å². The molecule has 0 saturated heterocycles. The van der Waals surface area contributed by atoms with Crippen LogP contribution >= 0.6 is 11.8 Å². The third-order valence-corrected chi connectivity index (χ3v) is 6.27. The van der Waals surface area contributed by atoms with Gasteiger partial charge in [0, 0.05) is 11.1 Å². The van der Waals surface area contributed by atoms with Gasteiger partial charge in [0.1, 0.15) is 5.82 Å². The summed E-state index contributed by atoms with van der Waals surface area (Å²) < 4.78 is 32.8. The van der Waals surface area contributed by atoms with E-state index in [2.05, 4.69) is 15.5 Å². The van der Waals surface area contributed by atoms with Gasteiger partial charge in [0.15, 0.2) is 22.5 Å². The van der Waals surface area contributed by atoms with Crippen molar-refractivity contribution in [2.24, 2.45) is 0 Å². The number of benzene rings is 2. The molecule has 3 aromatic rings. The summed E-state index contributed by atoms with van der Waals surface area (Å²) in [6.45, 7) is 5.92. The van der Waals surface area contributed by atoms with E-state index in [9.17, 15) is 9.18 Å². The van der Waals surface area contributed by atoms with Crippen molar-refractivity contribution < 1.29 is 23.4 Å². The normalized spacial score (nSPS) is 11.3. The van der Waals surface area contributed by atoms with Crippen molar-refractivity contribution in [3.63, 3.8) is 0 Å². The Bertz CT molecular complexity index is 1140. The van der Waals surface area contributed by atoms with Crippen LogP contribution in [0.4, 0.5) is 4.39 Å². The third kappa shape index (κ3) is 5.44. The lowest BCUT2D eigenvalue weighted by Gasteiger charge is -2.24. The van der Waals surface area contributed by atoms with Gasteiger partial charge in [-0.15, -0.1) is 10.2 Å². The fourth-order valence-electron chi connectivity index (χ4n) is 3.24. The molecule has 0 aliphatic rings. The molecular weight excluding hydrogens is 459 g/mol. The Hall–Kier alpha value is -3.27. The van der Waals surface area contributed by atoms with E-state index >= 15 is 0 Å². The maximum atomic E-state index is 14.9. The highest BCUT2D eigenvalue weighted by atomic mass is 32.2. The van der Waals surface area contributed by atoms with Crippen LogP contribution in [0.2, 0.25) is 0 Å². The number of hydrogen-bond donors (Lipinski definition) is 1. The van der Waals surface area contributed by atoms with Gasteiger partial charge in [-0.05, 0) is 44.5 Å². The molecule has 8 nitrogen and oxygen atoms in total. The summed E-state index contributed by atoms with van der Waals surface area (Å²) in [6.07, 6.45) is 0.792. The minimum Gasteiger partial charge on any atom is -0.493 e. The fourth-order valence-corrected chi connectivity index (χ4v) is 3.99. The molecule has 34 heavy (non-hydrogen) atoms. The number of rotatable bonds is 10. The first-order valence-electron chi connectivity index (χ1n) is 10.7. The summed E-state index contributed by atoms with van der Waals surface area (Å²) >= 11 is 1.18. The summed E-state index contributed by atoms with van der Waals surface area (Å²) in [5.74, 6) is 1.15. The van der Waals surface area contributed by atoms with Gasteiger partial charge in [-0.25, -0.2) is 4.39 Å². The molecule has 1 aromatic heterocycles. The average Bonchev–Trinajstić information content (AvgIpc) is 3.25. The zero-order valence-electron chi connectivity index (χ0n) is 20.1. The number of nitrogens with one attached hydrogen (secondary N) is 1. The van der Waals surface area contributed by atoms with Crippen LogP contribution < -0.4 is 19.5 Å². The van der Waals surface area contributed by atoms with E-state index in [4.69, 9.17) is 14.2 Å². The first-order valence-corrected chi connectivity index (χ1v) is 11.7. The van der Waals surface area contributed by atoms with Crippen LogP contribution in [0.25, 0.3) is 17.1 Å². The van der Waals surface area contributed by atoms with Crippen molar-refractivity contribution in [1.29, 1.82) is 0 Å². The van der Waals surface area contributed by atoms with Crippen molar-refractivity contribution in [1.82, 2.24) is 20.1 Å². The van der Waals surface area contributed by atoms with Gasteiger partial charge in [0.05, 0.1) is 32.8 Å². The molecule has 0 fully saturated rings. The van der Waals surface area contributed by atoms with Gasteiger partial charge in [-0.2, -0.15) is 0 Å². The summed E-state index contributed by atoms with van der Waals surface area (Å²) in [7, 11) is 4.54. The number of carbonyl (C=O) groups excluding carboxylic acids is 1. The Morgan fingerprint density at radius 2 is 1.74 bits per heavy atom. The lowest BCUT2D eigenvalue weighted by Crippen LogP contribution is -2.43. The molecule has 10 heteroatoms.